The van der Waals surface area contributed by atoms with E-state index in [1.807, 2.05) is 30.3 Å². The van der Waals surface area contributed by atoms with Crippen LogP contribution in [0.3, 0.4) is 0 Å². The van der Waals surface area contributed by atoms with Gasteiger partial charge in [0.1, 0.15) is 17.3 Å². The molecule has 2 aromatic carbocycles. The molecule has 126 valence electrons. The molecular formula is C18H19F2N3O. The molecule has 0 radical (unpaired) electrons. The van der Waals surface area contributed by atoms with Crippen LogP contribution in [0.4, 0.5) is 20.2 Å². The first kappa shape index (κ1) is 16.2. The van der Waals surface area contributed by atoms with Gasteiger partial charge in [0.2, 0.25) is 5.91 Å². The normalized spacial score (nSPS) is 14.6. The zero-order valence-electron chi connectivity index (χ0n) is 13.2. The van der Waals surface area contributed by atoms with Crippen molar-refractivity contribution in [2.24, 2.45) is 0 Å². The van der Waals surface area contributed by atoms with Gasteiger partial charge >= 0.3 is 0 Å². The van der Waals surface area contributed by atoms with E-state index >= 15 is 0 Å². The number of carbonyl (C=O) groups is 1. The monoisotopic (exact) mass is 331 g/mol. The number of para-hydroxylation sites is 2. The Morgan fingerprint density at radius 1 is 0.917 bits per heavy atom. The first-order valence-electron chi connectivity index (χ1n) is 7.91. The molecule has 0 spiro atoms. The third-order valence-electron chi connectivity index (χ3n) is 4.13. The van der Waals surface area contributed by atoms with Gasteiger partial charge in [-0.3, -0.25) is 4.79 Å². The molecule has 0 aromatic heterocycles. The summed E-state index contributed by atoms with van der Waals surface area (Å²) in [6.07, 6.45) is 0. The number of halogens is 2. The quantitative estimate of drug-likeness (QED) is 0.936. The number of amides is 1. The van der Waals surface area contributed by atoms with E-state index in [4.69, 9.17) is 0 Å². The van der Waals surface area contributed by atoms with E-state index in [1.54, 1.807) is 4.90 Å². The number of nitrogens with one attached hydrogen (secondary N) is 1. The summed E-state index contributed by atoms with van der Waals surface area (Å²) in [5.41, 5.74) is 0.880. The fraction of sp³-hybridized carbons (Fsp3) is 0.278. The van der Waals surface area contributed by atoms with E-state index in [2.05, 4.69) is 10.2 Å². The number of hydrogen-bond donors (Lipinski definition) is 1. The van der Waals surface area contributed by atoms with Gasteiger partial charge in [0.25, 0.3) is 0 Å². The van der Waals surface area contributed by atoms with E-state index < -0.39 is 11.6 Å². The molecule has 1 heterocycles. The van der Waals surface area contributed by atoms with Crippen molar-refractivity contribution in [3.63, 3.8) is 0 Å². The van der Waals surface area contributed by atoms with Crippen molar-refractivity contribution in [2.75, 3.05) is 42.9 Å². The molecule has 6 heteroatoms. The molecule has 0 saturated carbocycles. The van der Waals surface area contributed by atoms with E-state index in [-0.39, 0.29) is 18.1 Å². The zero-order valence-corrected chi connectivity index (χ0v) is 13.2. The molecule has 0 atom stereocenters. The van der Waals surface area contributed by atoms with Crippen LogP contribution in [0.25, 0.3) is 0 Å². The molecule has 1 N–H and O–H groups in total. The Morgan fingerprint density at radius 2 is 1.54 bits per heavy atom. The second kappa shape index (κ2) is 7.29. The van der Waals surface area contributed by atoms with Crippen LogP contribution in [0.1, 0.15) is 0 Å². The maximum absolute atomic E-state index is 13.5. The largest absolute Gasteiger partial charge is 0.371 e. The van der Waals surface area contributed by atoms with Crippen LogP contribution in [0.15, 0.2) is 48.5 Å². The predicted octanol–water partition coefficient (Wildman–Crippen LogP) is 2.73. The highest BCUT2D eigenvalue weighted by Crippen LogP contribution is 2.18. The van der Waals surface area contributed by atoms with Gasteiger partial charge in [-0.25, -0.2) is 8.78 Å². The van der Waals surface area contributed by atoms with Crippen LogP contribution in [-0.4, -0.2) is 43.5 Å². The first-order valence-corrected chi connectivity index (χ1v) is 7.91. The van der Waals surface area contributed by atoms with Crippen molar-refractivity contribution < 1.29 is 13.6 Å². The molecule has 0 aliphatic carbocycles. The number of benzene rings is 2. The van der Waals surface area contributed by atoms with E-state index in [1.165, 1.54) is 6.07 Å². The smallest absolute Gasteiger partial charge is 0.241 e. The van der Waals surface area contributed by atoms with Crippen molar-refractivity contribution in [2.45, 2.75) is 0 Å². The average molecular weight is 331 g/mol. The molecule has 2 aromatic rings. The van der Waals surface area contributed by atoms with Gasteiger partial charge in [0.15, 0.2) is 0 Å². The Morgan fingerprint density at radius 3 is 2.17 bits per heavy atom. The number of rotatable bonds is 4. The van der Waals surface area contributed by atoms with Crippen molar-refractivity contribution in [3.05, 3.63) is 60.2 Å². The van der Waals surface area contributed by atoms with Crippen LogP contribution < -0.4 is 10.2 Å². The number of nitrogens with zero attached hydrogens (tertiary/aromatic N) is 2. The van der Waals surface area contributed by atoms with Gasteiger partial charge in [-0.2, -0.15) is 0 Å². The lowest BCUT2D eigenvalue weighted by Gasteiger charge is -2.36. The topological polar surface area (TPSA) is 35.6 Å². The summed E-state index contributed by atoms with van der Waals surface area (Å²) in [6.45, 7) is 2.54. The summed E-state index contributed by atoms with van der Waals surface area (Å²) < 4.78 is 27.1. The second-order valence-corrected chi connectivity index (χ2v) is 5.65. The zero-order chi connectivity index (χ0) is 16.9. The minimum absolute atomic E-state index is 0.122. The molecule has 0 bridgehead atoms. The minimum atomic E-state index is -0.698. The Bertz CT molecular complexity index is 680. The van der Waals surface area contributed by atoms with Crippen molar-refractivity contribution in [1.29, 1.82) is 0 Å². The van der Waals surface area contributed by atoms with Crippen molar-refractivity contribution in [1.82, 2.24) is 4.90 Å². The van der Waals surface area contributed by atoms with Crippen LogP contribution in [0.2, 0.25) is 0 Å². The molecule has 24 heavy (non-hydrogen) atoms. The van der Waals surface area contributed by atoms with E-state index in [0.29, 0.717) is 13.1 Å². The van der Waals surface area contributed by atoms with Crippen LogP contribution in [0, 0.1) is 11.6 Å². The van der Waals surface area contributed by atoms with Crippen molar-refractivity contribution in [3.8, 4) is 0 Å². The Hall–Kier alpha value is -2.63. The maximum Gasteiger partial charge on any atom is 0.241 e. The fourth-order valence-corrected chi connectivity index (χ4v) is 2.80. The van der Waals surface area contributed by atoms with Crippen molar-refractivity contribution >= 4 is 17.3 Å². The first-order chi connectivity index (χ1) is 11.6. The van der Waals surface area contributed by atoms with Crippen LogP contribution in [-0.2, 0) is 4.79 Å². The SMILES string of the molecule is O=C(CNc1c(F)cccc1F)N1CCN(c2ccccc2)CC1. The van der Waals surface area contributed by atoms with Gasteiger partial charge in [-0.1, -0.05) is 24.3 Å². The Labute approximate surface area is 139 Å². The number of anilines is 2. The lowest BCUT2D eigenvalue weighted by atomic mass is 10.2. The highest BCUT2D eigenvalue weighted by molar-refractivity contribution is 5.81. The van der Waals surface area contributed by atoms with Crippen LogP contribution in [0.5, 0.6) is 0 Å². The third-order valence-corrected chi connectivity index (χ3v) is 4.13. The fourth-order valence-electron chi connectivity index (χ4n) is 2.80. The standard InChI is InChI=1S/C18H19F2N3O/c19-15-7-4-8-16(20)18(15)21-13-17(24)23-11-9-22(10-12-23)14-5-2-1-3-6-14/h1-8,21H,9-13H2. The molecular weight excluding hydrogens is 312 g/mol. The third kappa shape index (κ3) is 3.64. The van der Waals surface area contributed by atoms with E-state index in [9.17, 15) is 13.6 Å². The molecule has 1 saturated heterocycles. The maximum atomic E-state index is 13.5. The highest BCUT2D eigenvalue weighted by Gasteiger charge is 2.21. The lowest BCUT2D eigenvalue weighted by Crippen LogP contribution is -2.50. The van der Waals surface area contributed by atoms with Gasteiger partial charge < -0.3 is 15.1 Å². The summed E-state index contributed by atoms with van der Waals surface area (Å²) in [5.74, 6) is -1.56. The molecule has 0 unspecified atom stereocenters. The molecule has 1 fully saturated rings. The number of piperazine rings is 1. The van der Waals surface area contributed by atoms with Gasteiger partial charge in [0.05, 0.1) is 6.54 Å². The van der Waals surface area contributed by atoms with Crippen LogP contribution >= 0.6 is 0 Å². The predicted molar refractivity (Wildman–Crippen MR) is 90.1 cm³/mol. The Kier molecular flexibility index (Phi) is 4.93. The Balaban J connectivity index is 1.52. The van der Waals surface area contributed by atoms with Gasteiger partial charge in [0, 0.05) is 31.9 Å². The summed E-state index contributed by atoms with van der Waals surface area (Å²) >= 11 is 0. The summed E-state index contributed by atoms with van der Waals surface area (Å²) in [4.78, 5) is 16.2. The lowest BCUT2D eigenvalue weighted by molar-refractivity contribution is -0.129. The number of hydrogen-bond acceptors (Lipinski definition) is 3. The highest BCUT2D eigenvalue weighted by atomic mass is 19.1. The molecule has 4 nitrogen and oxygen atoms in total. The molecule has 1 aliphatic heterocycles. The molecule has 1 amide bonds. The summed E-state index contributed by atoms with van der Waals surface area (Å²) in [6, 6.07) is 13.6. The molecule has 1 aliphatic rings. The van der Waals surface area contributed by atoms with Gasteiger partial charge in [-0.05, 0) is 24.3 Å². The summed E-state index contributed by atoms with van der Waals surface area (Å²) in [5, 5.41) is 2.57. The average Bonchev–Trinajstić information content (AvgIpc) is 2.62. The molecule has 3 rings (SSSR count). The number of carbonyl (C=O) groups excluding carboxylic acids is 1. The minimum Gasteiger partial charge on any atom is -0.371 e. The van der Waals surface area contributed by atoms with Gasteiger partial charge in [-0.15, -0.1) is 0 Å². The second-order valence-electron chi connectivity index (χ2n) is 5.65. The van der Waals surface area contributed by atoms with E-state index in [0.717, 1.165) is 30.9 Å². The summed E-state index contributed by atoms with van der Waals surface area (Å²) in [7, 11) is 0.